The van der Waals surface area contributed by atoms with E-state index in [1.807, 2.05) is 12.1 Å². The standard InChI is InChI=1S/C16H22Cl2N2OS/c1-20-7-2-3-12(10-20)16(21)19-6-8-22-11-13-4-5-14(17)9-15(13)18/h4-5,9,12H,2-3,6-8,10-11H2,1H3,(H,19,21)/t12-/m0/s1. The van der Waals surface area contributed by atoms with E-state index in [4.69, 9.17) is 23.2 Å². The second kappa shape index (κ2) is 9.02. The van der Waals surface area contributed by atoms with Crippen molar-refractivity contribution in [1.29, 1.82) is 0 Å². The normalized spacial score (nSPS) is 19.1. The molecule has 1 aliphatic heterocycles. The second-order valence-corrected chi connectivity index (χ2v) is 7.63. The first kappa shape index (κ1) is 17.9. The van der Waals surface area contributed by atoms with Gasteiger partial charge in [0.15, 0.2) is 0 Å². The molecule has 2 rings (SSSR count). The number of nitrogens with zero attached hydrogens (tertiary/aromatic N) is 1. The largest absolute Gasteiger partial charge is 0.355 e. The number of carbonyl (C=O) groups excluding carboxylic acids is 1. The van der Waals surface area contributed by atoms with Crippen LogP contribution in [0.4, 0.5) is 0 Å². The van der Waals surface area contributed by atoms with Crippen LogP contribution < -0.4 is 5.32 Å². The van der Waals surface area contributed by atoms with Crippen LogP contribution in [-0.4, -0.2) is 43.2 Å². The first-order valence-corrected chi connectivity index (χ1v) is 9.45. The molecule has 1 fully saturated rings. The fraction of sp³-hybridized carbons (Fsp3) is 0.562. The van der Waals surface area contributed by atoms with Crippen LogP contribution in [0.2, 0.25) is 10.0 Å². The Hall–Kier alpha value is -0.420. The molecule has 0 bridgehead atoms. The molecule has 1 atom stereocenters. The molecular formula is C16H22Cl2N2OS. The maximum Gasteiger partial charge on any atom is 0.224 e. The Bertz CT molecular complexity index is 513. The predicted octanol–water partition coefficient (Wildman–Crippen LogP) is 3.68. The number of nitrogens with one attached hydrogen (secondary N) is 1. The van der Waals surface area contributed by atoms with E-state index in [0.717, 1.165) is 43.0 Å². The van der Waals surface area contributed by atoms with E-state index in [1.54, 1.807) is 17.8 Å². The minimum absolute atomic E-state index is 0.148. The van der Waals surface area contributed by atoms with Gasteiger partial charge in [0.05, 0.1) is 5.92 Å². The zero-order chi connectivity index (χ0) is 15.9. The Morgan fingerprint density at radius 3 is 3.00 bits per heavy atom. The van der Waals surface area contributed by atoms with E-state index in [9.17, 15) is 4.79 Å². The van der Waals surface area contributed by atoms with Gasteiger partial charge in [-0.2, -0.15) is 11.8 Å². The highest BCUT2D eigenvalue weighted by atomic mass is 35.5. The van der Waals surface area contributed by atoms with Crippen molar-refractivity contribution in [2.75, 3.05) is 32.4 Å². The summed E-state index contributed by atoms with van der Waals surface area (Å²) < 4.78 is 0. The van der Waals surface area contributed by atoms with Crippen molar-refractivity contribution in [3.63, 3.8) is 0 Å². The van der Waals surface area contributed by atoms with Crippen LogP contribution in [-0.2, 0) is 10.5 Å². The highest BCUT2D eigenvalue weighted by Gasteiger charge is 2.23. The van der Waals surface area contributed by atoms with Gasteiger partial charge in [-0.05, 0) is 44.1 Å². The summed E-state index contributed by atoms with van der Waals surface area (Å²) in [6.07, 6.45) is 2.11. The second-order valence-electron chi connectivity index (χ2n) is 5.68. The summed E-state index contributed by atoms with van der Waals surface area (Å²) in [6, 6.07) is 5.57. The highest BCUT2D eigenvalue weighted by molar-refractivity contribution is 7.98. The van der Waals surface area contributed by atoms with Crippen LogP contribution in [0.5, 0.6) is 0 Å². The third-order valence-electron chi connectivity index (χ3n) is 3.81. The molecule has 0 aliphatic carbocycles. The zero-order valence-corrected chi connectivity index (χ0v) is 15.1. The van der Waals surface area contributed by atoms with Crippen molar-refractivity contribution < 1.29 is 4.79 Å². The van der Waals surface area contributed by atoms with Crippen LogP contribution in [0.15, 0.2) is 18.2 Å². The summed E-state index contributed by atoms with van der Waals surface area (Å²) in [5.41, 5.74) is 1.08. The quantitative estimate of drug-likeness (QED) is 0.785. The molecule has 1 heterocycles. The Morgan fingerprint density at radius 1 is 1.45 bits per heavy atom. The van der Waals surface area contributed by atoms with E-state index >= 15 is 0 Å². The molecule has 1 aromatic rings. The molecule has 122 valence electrons. The molecule has 1 amide bonds. The van der Waals surface area contributed by atoms with Gasteiger partial charge in [-0.15, -0.1) is 0 Å². The number of thioether (sulfide) groups is 1. The van der Waals surface area contributed by atoms with Crippen molar-refractivity contribution in [1.82, 2.24) is 10.2 Å². The lowest BCUT2D eigenvalue weighted by atomic mass is 9.98. The van der Waals surface area contributed by atoms with Gasteiger partial charge in [0.25, 0.3) is 0 Å². The van der Waals surface area contributed by atoms with Gasteiger partial charge in [-0.1, -0.05) is 29.3 Å². The summed E-state index contributed by atoms with van der Waals surface area (Å²) in [5.74, 6) is 2.05. The molecule has 1 saturated heterocycles. The fourth-order valence-electron chi connectivity index (χ4n) is 2.59. The maximum atomic E-state index is 12.1. The molecule has 0 unspecified atom stereocenters. The van der Waals surface area contributed by atoms with E-state index in [1.165, 1.54) is 0 Å². The van der Waals surface area contributed by atoms with Gasteiger partial charge in [0.2, 0.25) is 5.91 Å². The number of likely N-dealkylation sites (tertiary alicyclic amines) is 1. The number of rotatable bonds is 6. The average Bonchev–Trinajstić information content (AvgIpc) is 2.48. The predicted molar refractivity (Wildman–Crippen MR) is 95.9 cm³/mol. The van der Waals surface area contributed by atoms with Gasteiger partial charge >= 0.3 is 0 Å². The van der Waals surface area contributed by atoms with E-state index < -0.39 is 0 Å². The summed E-state index contributed by atoms with van der Waals surface area (Å²) in [6.45, 7) is 2.68. The molecule has 22 heavy (non-hydrogen) atoms. The first-order valence-electron chi connectivity index (χ1n) is 7.54. The summed E-state index contributed by atoms with van der Waals surface area (Å²) in [4.78, 5) is 14.3. The molecule has 0 saturated carbocycles. The molecule has 3 nitrogen and oxygen atoms in total. The molecule has 1 aliphatic rings. The van der Waals surface area contributed by atoms with Gasteiger partial charge in [-0.25, -0.2) is 0 Å². The van der Waals surface area contributed by atoms with Crippen molar-refractivity contribution >= 4 is 40.9 Å². The number of piperidine rings is 1. The first-order chi connectivity index (χ1) is 10.6. The molecule has 6 heteroatoms. The lowest BCUT2D eigenvalue weighted by Gasteiger charge is -2.28. The van der Waals surface area contributed by atoms with Gasteiger partial charge in [0, 0.05) is 34.6 Å². The zero-order valence-electron chi connectivity index (χ0n) is 12.8. The molecule has 0 radical (unpaired) electrons. The molecule has 0 spiro atoms. The van der Waals surface area contributed by atoms with Gasteiger partial charge < -0.3 is 10.2 Å². The lowest BCUT2D eigenvalue weighted by molar-refractivity contribution is -0.126. The number of benzene rings is 1. The van der Waals surface area contributed by atoms with Crippen molar-refractivity contribution in [2.45, 2.75) is 18.6 Å². The smallest absolute Gasteiger partial charge is 0.224 e. The number of halogens is 2. The third kappa shape index (κ3) is 5.65. The summed E-state index contributed by atoms with van der Waals surface area (Å²) in [7, 11) is 2.07. The SMILES string of the molecule is CN1CCC[C@H](C(=O)NCCSCc2ccc(Cl)cc2Cl)C1. The Balaban J connectivity index is 1.63. The van der Waals surface area contributed by atoms with Crippen molar-refractivity contribution in [3.8, 4) is 0 Å². The Morgan fingerprint density at radius 2 is 2.27 bits per heavy atom. The fourth-order valence-corrected chi connectivity index (χ4v) is 4.01. The van der Waals surface area contributed by atoms with Crippen LogP contribution >= 0.6 is 35.0 Å². The van der Waals surface area contributed by atoms with E-state index in [-0.39, 0.29) is 11.8 Å². The number of hydrogen-bond donors (Lipinski definition) is 1. The minimum atomic E-state index is 0.148. The minimum Gasteiger partial charge on any atom is -0.355 e. The highest BCUT2D eigenvalue weighted by Crippen LogP contribution is 2.24. The van der Waals surface area contributed by atoms with Crippen molar-refractivity contribution in [2.24, 2.45) is 5.92 Å². The topological polar surface area (TPSA) is 32.3 Å². The number of amides is 1. The molecule has 0 aromatic heterocycles. The van der Waals surface area contributed by atoms with Crippen molar-refractivity contribution in [3.05, 3.63) is 33.8 Å². The van der Waals surface area contributed by atoms with E-state index in [0.29, 0.717) is 16.6 Å². The van der Waals surface area contributed by atoms with Crippen LogP contribution in [0.25, 0.3) is 0 Å². The maximum absolute atomic E-state index is 12.1. The Kier molecular flexibility index (Phi) is 7.35. The van der Waals surface area contributed by atoms with Crippen LogP contribution in [0.3, 0.4) is 0 Å². The molecule has 1 aromatic carbocycles. The lowest BCUT2D eigenvalue weighted by Crippen LogP contribution is -2.41. The summed E-state index contributed by atoms with van der Waals surface area (Å²) >= 11 is 13.8. The third-order valence-corrected chi connectivity index (χ3v) is 5.41. The average molecular weight is 361 g/mol. The number of hydrogen-bond acceptors (Lipinski definition) is 3. The monoisotopic (exact) mass is 360 g/mol. The van der Waals surface area contributed by atoms with Crippen LogP contribution in [0.1, 0.15) is 18.4 Å². The number of carbonyl (C=O) groups is 1. The van der Waals surface area contributed by atoms with E-state index in [2.05, 4.69) is 17.3 Å². The Labute approximate surface area is 146 Å². The summed E-state index contributed by atoms with van der Waals surface area (Å²) in [5, 5.41) is 4.40. The molecule has 1 N–H and O–H groups in total. The molecular weight excluding hydrogens is 339 g/mol. The van der Waals surface area contributed by atoms with Gasteiger partial charge in [-0.3, -0.25) is 4.79 Å². The van der Waals surface area contributed by atoms with Gasteiger partial charge in [0.1, 0.15) is 0 Å². The van der Waals surface area contributed by atoms with Crippen LogP contribution in [0, 0.1) is 5.92 Å².